The van der Waals surface area contributed by atoms with Gasteiger partial charge in [0.2, 0.25) is 0 Å². The van der Waals surface area contributed by atoms with Gasteiger partial charge in [-0.15, -0.1) is 0 Å². The van der Waals surface area contributed by atoms with Crippen molar-refractivity contribution < 1.29 is 17.9 Å². The Balaban J connectivity index is 6.04. The van der Waals surface area contributed by atoms with Crippen molar-refractivity contribution in [1.82, 2.24) is 0 Å². The van der Waals surface area contributed by atoms with E-state index in [2.05, 4.69) is 41.5 Å². The molecule has 280 valence electrons. The van der Waals surface area contributed by atoms with Crippen LogP contribution in [0.25, 0.3) is 0 Å². The van der Waals surface area contributed by atoms with Gasteiger partial charge in [-0.25, -0.2) is 0 Å². The van der Waals surface area contributed by atoms with Gasteiger partial charge in [-0.2, -0.15) is 0 Å². The number of phosphoric acid groups is 1. The second-order valence-corrected chi connectivity index (χ2v) is 22.3. The Kier molecular flexibility index (Phi) is 31.9. The standard InChI is InChI=1S/C40H86O4P2/c1-7-13-19-23-24-25-26-27-28-29-30-34-40-46(37-31-20-14-8-2,38-32-21-15-9-3,39-33-22-16-10-4)44-45(41,42-35-17-11-5)43-36-18-12-6/h7-40H2,1-6H3. The van der Waals surface area contributed by atoms with Gasteiger partial charge in [0, 0.05) is 0 Å². The number of phosphoric ester groups is 1. The molecule has 6 heteroatoms. The Bertz CT molecular complexity index is 638. The molecule has 0 saturated heterocycles. The summed E-state index contributed by atoms with van der Waals surface area (Å²) in [6.07, 6.45) is 39.4. The van der Waals surface area contributed by atoms with Crippen molar-refractivity contribution in [2.24, 2.45) is 0 Å². The van der Waals surface area contributed by atoms with Crippen molar-refractivity contribution in [3.8, 4) is 0 Å². The molecule has 0 radical (unpaired) electrons. The first-order chi connectivity index (χ1) is 22.4. The minimum absolute atomic E-state index is 0.465. The molecule has 0 aliphatic rings. The summed E-state index contributed by atoms with van der Waals surface area (Å²) in [7, 11) is -3.66. The molecule has 46 heavy (non-hydrogen) atoms. The van der Waals surface area contributed by atoms with E-state index in [-0.39, 0.29) is 0 Å². The molecule has 0 N–H and O–H groups in total. The summed E-state index contributed by atoms with van der Waals surface area (Å²) < 4.78 is 34.6. The van der Waals surface area contributed by atoms with Crippen molar-refractivity contribution in [3.05, 3.63) is 0 Å². The van der Waals surface area contributed by atoms with Gasteiger partial charge in [0.25, 0.3) is 0 Å². The summed E-state index contributed by atoms with van der Waals surface area (Å²) >= 11 is 0. The molecule has 0 aromatic heterocycles. The third-order valence-electron chi connectivity index (χ3n) is 10.1. The van der Waals surface area contributed by atoms with Gasteiger partial charge in [-0.1, -0.05) is 13.3 Å². The fraction of sp³-hybridized carbons (Fsp3) is 1.00. The summed E-state index contributed by atoms with van der Waals surface area (Å²) in [4.78, 5) is 0. The van der Waals surface area contributed by atoms with Gasteiger partial charge in [0.15, 0.2) is 0 Å². The zero-order valence-corrected chi connectivity index (χ0v) is 34.4. The van der Waals surface area contributed by atoms with Crippen LogP contribution >= 0.6 is 14.7 Å². The topological polar surface area (TPSA) is 44.8 Å². The SMILES string of the molecule is CCCCCCCCCCCCCCP(CCCCCC)(CCCCCC)(CCCCCC)OP(=O)(OCCCC)OCCCC. The average Bonchev–Trinajstić information content (AvgIpc) is 3.05. The van der Waals surface area contributed by atoms with Crippen LogP contribution in [-0.4, -0.2) is 37.9 Å². The third kappa shape index (κ3) is 23.8. The molecule has 0 atom stereocenters. The van der Waals surface area contributed by atoms with Crippen LogP contribution in [0.5, 0.6) is 0 Å². The first-order valence-corrected chi connectivity index (χ1v) is 25.4. The average molecular weight is 693 g/mol. The van der Waals surface area contributed by atoms with E-state index in [1.165, 1.54) is 154 Å². The molecule has 0 rings (SSSR count). The first-order valence-electron chi connectivity index (χ1n) is 21.0. The van der Waals surface area contributed by atoms with Crippen molar-refractivity contribution in [1.29, 1.82) is 0 Å². The van der Waals surface area contributed by atoms with Gasteiger partial charge in [-0.3, -0.25) is 0 Å². The molecule has 0 aromatic rings. The molecule has 0 bridgehead atoms. The predicted octanol–water partition coefficient (Wildman–Crippen LogP) is 15.7. The van der Waals surface area contributed by atoms with E-state index in [9.17, 15) is 4.57 Å². The van der Waals surface area contributed by atoms with Crippen LogP contribution in [0.4, 0.5) is 0 Å². The van der Waals surface area contributed by atoms with E-state index in [0.29, 0.717) is 13.2 Å². The first kappa shape index (κ1) is 46.5. The fourth-order valence-corrected chi connectivity index (χ4v) is 17.2. The Morgan fingerprint density at radius 1 is 0.348 bits per heavy atom. The van der Waals surface area contributed by atoms with E-state index in [4.69, 9.17) is 13.4 Å². The maximum atomic E-state index is 14.7. The maximum absolute atomic E-state index is 14.7. The fourth-order valence-electron chi connectivity index (χ4n) is 7.01. The molecule has 0 amide bonds. The molecule has 0 fully saturated rings. The van der Waals surface area contributed by atoms with Gasteiger partial charge >= 0.3 is 278 Å². The van der Waals surface area contributed by atoms with Crippen molar-refractivity contribution in [2.75, 3.05) is 37.9 Å². The van der Waals surface area contributed by atoms with Gasteiger partial charge in [0.1, 0.15) is 0 Å². The molecule has 0 saturated carbocycles. The van der Waals surface area contributed by atoms with Gasteiger partial charge in [0.05, 0.1) is 0 Å². The normalized spacial score (nSPS) is 13.3. The third-order valence-corrected chi connectivity index (χ3v) is 19.6. The summed E-state index contributed by atoms with van der Waals surface area (Å²) in [5.41, 5.74) is 0. The Morgan fingerprint density at radius 2 is 0.587 bits per heavy atom. The van der Waals surface area contributed by atoms with E-state index in [0.717, 1.165) is 50.3 Å². The second-order valence-electron chi connectivity index (χ2n) is 14.7. The molecule has 0 heterocycles. The van der Waals surface area contributed by atoms with E-state index in [1.54, 1.807) is 0 Å². The van der Waals surface area contributed by atoms with Crippen molar-refractivity contribution >= 4 is 14.7 Å². The van der Waals surface area contributed by atoms with Crippen molar-refractivity contribution in [3.63, 3.8) is 0 Å². The number of rotatable bonds is 38. The molecule has 0 spiro atoms. The molecule has 4 nitrogen and oxygen atoms in total. The van der Waals surface area contributed by atoms with Crippen LogP contribution in [0.3, 0.4) is 0 Å². The number of unbranched alkanes of at least 4 members (excludes halogenated alkanes) is 22. The minimum atomic E-state index is -3.66. The summed E-state index contributed by atoms with van der Waals surface area (Å²) in [5, 5.41) is 0. The number of hydrogen-bond acceptors (Lipinski definition) is 4. The molecule has 0 unspecified atom stereocenters. The summed E-state index contributed by atoms with van der Waals surface area (Å²) in [6.45, 7) is 11.6. The molecule has 0 aliphatic heterocycles. The van der Waals surface area contributed by atoms with Crippen LogP contribution in [0, 0.1) is 0 Å². The van der Waals surface area contributed by atoms with Crippen LogP contribution in [0.2, 0.25) is 0 Å². The molecule has 0 aliphatic carbocycles. The zero-order chi connectivity index (χ0) is 34.1. The van der Waals surface area contributed by atoms with E-state index >= 15 is 0 Å². The molecular weight excluding hydrogens is 606 g/mol. The predicted molar refractivity (Wildman–Crippen MR) is 210 cm³/mol. The van der Waals surface area contributed by atoms with Gasteiger partial charge < -0.3 is 0 Å². The van der Waals surface area contributed by atoms with Crippen LogP contribution in [-0.2, 0) is 17.9 Å². The van der Waals surface area contributed by atoms with E-state index < -0.39 is 14.7 Å². The van der Waals surface area contributed by atoms with Crippen LogP contribution in [0.1, 0.15) is 221 Å². The quantitative estimate of drug-likeness (QED) is 0.0477. The molecular formula is C40H86O4P2. The van der Waals surface area contributed by atoms with Crippen molar-refractivity contribution in [2.45, 2.75) is 221 Å². The van der Waals surface area contributed by atoms with Gasteiger partial charge in [-0.05, 0) is 0 Å². The summed E-state index contributed by atoms with van der Waals surface area (Å²) in [5.74, 6) is 0. The van der Waals surface area contributed by atoms with Crippen LogP contribution in [0.15, 0.2) is 0 Å². The zero-order valence-electron chi connectivity index (χ0n) is 32.6. The van der Waals surface area contributed by atoms with Crippen LogP contribution < -0.4 is 0 Å². The second kappa shape index (κ2) is 31.5. The Labute approximate surface area is 291 Å². The number of hydrogen-bond donors (Lipinski definition) is 0. The molecule has 0 aromatic carbocycles. The van der Waals surface area contributed by atoms with E-state index in [1.807, 2.05) is 0 Å². The monoisotopic (exact) mass is 693 g/mol. The summed E-state index contributed by atoms with van der Waals surface area (Å²) in [6, 6.07) is 0. The Morgan fingerprint density at radius 3 is 0.870 bits per heavy atom. The Hall–Kier alpha value is 0.540.